The summed E-state index contributed by atoms with van der Waals surface area (Å²) >= 11 is 0. The van der Waals surface area contributed by atoms with Crippen LogP contribution < -0.4 is 10.0 Å². The van der Waals surface area contributed by atoms with Crippen molar-refractivity contribution in [1.29, 1.82) is 0 Å². The zero-order chi connectivity index (χ0) is 21.0. The number of likely N-dealkylation sites (tertiary alicyclic amines) is 1. The van der Waals surface area contributed by atoms with E-state index in [9.17, 15) is 13.2 Å². The minimum absolute atomic E-state index is 0.0618. The molecule has 0 spiro atoms. The van der Waals surface area contributed by atoms with Crippen LogP contribution in [0, 0.1) is 0 Å². The SMILES string of the molecule is O=C(c1ccc(S(=O)(=O)NCC2CCCO2)cc1)N1CCC(Nc2ccccc2)C1. The molecule has 160 valence electrons. The number of nitrogens with zero attached hydrogens (tertiary/aromatic N) is 1. The third kappa shape index (κ3) is 5.00. The summed E-state index contributed by atoms with van der Waals surface area (Å²) in [7, 11) is -3.62. The average Bonchev–Trinajstić information content (AvgIpc) is 3.45. The maximum absolute atomic E-state index is 12.8. The highest BCUT2D eigenvalue weighted by Crippen LogP contribution is 2.19. The molecule has 4 rings (SSSR count). The van der Waals surface area contributed by atoms with Crippen LogP contribution in [-0.2, 0) is 14.8 Å². The Hall–Kier alpha value is -2.42. The molecule has 2 aromatic rings. The zero-order valence-electron chi connectivity index (χ0n) is 16.8. The lowest BCUT2D eigenvalue weighted by Crippen LogP contribution is -2.32. The molecule has 0 radical (unpaired) electrons. The van der Waals surface area contributed by atoms with E-state index in [1.807, 2.05) is 30.3 Å². The highest BCUT2D eigenvalue weighted by molar-refractivity contribution is 7.89. The molecule has 2 fully saturated rings. The van der Waals surface area contributed by atoms with Gasteiger partial charge in [0.05, 0.1) is 11.0 Å². The van der Waals surface area contributed by atoms with Crippen molar-refractivity contribution in [2.24, 2.45) is 0 Å². The van der Waals surface area contributed by atoms with Crippen LogP contribution in [0.4, 0.5) is 5.69 Å². The maximum atomic E-state index is 12.8. The molecule has 8 heteroatoms. The van der Waals surface area contributed by atoms with Crippen molar-refractivity contribution in [3.8, 4) is 0 Å². The van der Waals surface area contributed by atoms with Crippen LogP contribution in [0.3, 0.4) is 0 Å². The quantitative estimate of drug-likeness (QED) is 0.706. The lowest BCUT2D eigenvalue weighted by molar-refractivity contribution is 0.0791. The Morgan fingerprint density at radius 3 is 2.53 bits per heavy atom. The third-order valence-corrected chi connectivity index (χ3v) is 7.00. The second-order valence-corrected chi connectivity index (χ2v) is 9.53. The normalized spacial score (nSPS) is 21.7. The molecule has 2 saturated heterocycles. The summed E-state index contributed by atoms with van der Waals surface area (Å²) < 4.78 is 33.0. The molecule has 2 heterocycles. The molecule has 2 unspecified atom stereocenters. The van der Waals surface area contributed by atoms with Gasteiger partial charge in [0.15, 0.2) is 0 Å². The number of sulfonamides is 1. The monoisotopic (exact) mass is 429 g/mol. The number of para-hydroxylation sites is 1. The number of ether oxygens (including phenoxy) is 1. The predicted molar refractivity (Wildman–Crippen MR) is 115 cm³/mol. The summed E-state index contributed by atoms with van der Waals surface area (Å²) in [6.45, 7) is 2.25. The van der Waals surface area contributed by atoms with E-state index in [1.165, 1.54) is 12.1 Å². The van der Waals surface area contributed by atoms with Crippen molar-refractivity contribution >= 4 is 21.6 Å². The molecule has 0 saturated carbocycles. The zero-order valence-corrected chi connectivity index (χ0v) is 17.6. The lowest BCUT2D eigenvalue weighted by atomic mass is 10.2. The Balaban J connectivity index is 1.33. The van der Waals surface area contributed by atoms with Crippen LogP contribution in [0.25, 0.3) is 0 Å². The van der Waals surface area contributed by atoms with Crippen molar-refractivity contribution in [3.63, 3.8) is 0 Å². The lowest BCUT2D eigenvalue weighted by Gasteiger charge is -2.18. The first-order valence-electron chi connectivity index (χ1n) is 10.3. The number of carbonyl (C=O) groups excluding carboxylic acids is 1. The molecule has 0 bridgehead atoms. The number of rotatable bonds is 7. The topological polar surface area (TPSA) is 87.7 Å². The van der Waals surface area contributed by atoms with E-state index >= 15 is 0 Å². The van der Waals surface area contributed by atoms with Crippen molar-refractivity contribution in [2.75, 3.05) is 31.6 Å². The van der Waals surface area contributed by atoms with Crippen LogP contribution in [0.2, 0.25) is 0 Å². The summed E-state index contributed by atoms with van der Waals surface area (Å²) in [5.41, 5.74) is 1.54. The largest absolute Gasteiger partial charge is 0.380 e. The van der Waals surface area contributed by atoms with Gasteiger partial charge in [-0.2, -0.15) is 0 Å². The van der Waals surface area contributed by atoms with E-state index in [2.05, 4.69) is 10.0 Å². The second kappa shape index (κ2) is 9.16. The van der Waals surface area contributed by atoms with E-state index in [1.54, 1.807) is 17.0 Å². The third-order valence-electron chi connectivity index (χ3n) is 5.56. The molecular weight excluding hydrogens is 402 g/mol. The van der Waals surface area contributed by atoms with Gasteiger partial charge in [-0.05, 0) is 55.7 Å². The summed E-state index contributed by atoms with van der Waals surface area (Å²) in [6, 6.07) is 16.3. The summed E-state index contributed by atoms with van der Waals surface area (Å²) in [6.07, 6.45) is 2.64. The van der Waals surface area contributed by atoms with Gasteiger partial charge in [0.25, 0.3) is 5.91 Å². The van der Waals surface area contributed by atoms with E-state index < -0.39 is 10.0 Å². The van der Waals surface area contributed by atoms with Gasteiger partial charge in [-0.25, -0.2) is 13.1 Å². The van der Waals surface area contributed by atoms with Crippen LogP contribution in [0.15, 0.2) is 59.5 Å². The summed E-state index contributed by atoms with van der Waals surface area (Å²) in [4.78, 5) is 14.8. The van der Waals surface area contributed by atoms with Crippen molar-refractivity contribution in [1.82, 2.24) is 9.62 Å². The molecule has 0 aliphatic carbocycles. The standard InChI is InChI=1S/C22H27N3O4S/c26-22(25-13-12-19(16-25)24-18-5-2-1-3-6-18)17-8-10-21(11-9-17)30(27,28)23-15-20-7-4-14-29-20/h1-3,5-6,8-11,19-20,23-24H,4,7,12-16H2. The van der Waals surface area contributed by atoms with Gasteiger partial charge in [0, 0.05) is 43.5 Å². The molecule has 2 aromatic carbocycles. The number of benzene rings is 2. The van der Waals surface area contributed by atoms with Gasteiger partial charge >= 0.3 is 0 Å². The first kappa shape index (κ1) is 20.8. The Morgan fingerprint density at radius 1 is 1.07 bits per heavy atom. The van der Waals surface area contributed by atoms with Crippen molar-refractivity contribution in [3.05, 3.63) is 60.2 Å². The smallest absolute Gasteiger partial charge is 0.253 e. The predicted octanol–water partition coefficient (Wildman–Crippen LogP) is 2.47. The summed E-state index contributed by atoms with van der Waals surface area (Å²) in [5.74, 6) is -0.0800. The Labute approximate surface area is 177 Å². The molecule has 0 aromatic heterocycles. The molecule has 2 N–H and O–H groups in total. The number of nitrogens with one attached hydrogen (secondary N) is 2. The maximum Gasteiger partial charge on any atom is 0.253 e. The molecule has 2 aliphatic rings. The summed E-state index contributed by atoms with van der Waals surface area (Å²) in [5, 5.41) is 3.45. The van der Waals surface area contributed by atoms with E-state index in [-0.39, 0.29) is 29.5 Å². The Kier molecular flexibility index (Phi) is 6.36. The molecule has 7 nitrogen and oxygen atoms in total. The van der Waals surface area contributed by atoms with E-state index in [0.717, 1.165) is 24.9 Å². The van der Waals surface area contributed by atoms with Gasteiger partial charge in [0.2, 0.25) is 10.0 Å². The Morgan fingerprint density at radius 2 is 1.83 bits per heavy atom. The highest BCUT2D eigenvalue weighted by atomic mass is 32.2. The average molecular weight is 430 g/mol. The van der Waals surface area contributed by atoms with Crippen molar-refractivity contribution < 1.29 is 17.9 Å². The van der Waals surface area contributed by atoms with E-state index in [0.29, 0.717) is 25.3 Å². The molecule has 1 amide bonds. The van der Waals surface area contributed by atoms with Gasteiger partial charge in [-0.3, -0.25) is 4.79 Å². The van der Waals surface area contributed by atoms with Gasteiger partial charge < -0.3 is 15.0 Å². The van der Waals surface area contributed by atoms with Crippen LogP contribution in [0.5, 0.6) is 0 Å². The minimum Gasteiger partial charge on any atom is -0.380 e. The Bertz CT molecular complexity index is 958. The number of hydrogen-bond donors (Lipinski definition) is 2. The number of carbonyl (C=O) groups is 1. The van der Waals surface area contributed by atoms with Crippen LogP contribution in [-0.4, -0.2) is 57.6 Å². The number of amides is 1. The van der Waals surface area contributed by atoms with Gasteiger partial charge in [-0.1, -0.05) is 18.2 Å². The van der Waals surface area contributed by atoms with Crippen LogP contribution >= 0.6 is 0 Å². The van der Waals surface area contributed by atoms with E-state index in [4.69, 9.17) is 4.74 Å². The fourth-order valence-electron chi connectivity index (χ4n) is 3.88. The first-order valence-corrected chi connectivity index (χ1v) is 11.8. The fraction of sp³-hybridized carbons (Fsp3) is 0.409. The molecule has 2 aliphatic heterocycles. The molecular formula is C22H27N3O4S. The van der Waals surface area contributed by atoms with Gasteiger partial charge in [-0.15, -0.1) is 0 Å². The second-order valence-electron chi connectivity index (χ2n) is 7.76. The highest BCUT2D eigenvalue weighted by Gasteiger charge is 2.27. The van der Waals surface area contributed by atoms with Crippen LogP contribution in [0.1, 0.15) is 29.6 Å². The first-order chi connectivity index (χ1) is 14.5. The number of hydrogen-bond acceptors (Lipinski definition) is 5. The van der Waals surface area contributed by atoms with Crippen molar-refractivity contribution in [2.45, 2.75) is 36.3 Å². The number of anilines is 1. The minimum atomic E-state index is -3.62. The molecule has 30 heavy (non-hydrogen) atoms. The van der Waals surface area contributed by atoms with Gasteiger partial charge in [0.1, 0.15) is 0 Å². The fourth-order valence-corrected chi connectivity index (χ4v) is 4.95. The molecule has 2 atom stereocenters.